The molecular formula is C15H25NO4. The summed E-state index contributed by atoms with van der Waals surface area (Å²) in [5.41, 5.74) is 0.0247. The van der Waals surface area contributed by atoms with Gasteiger partial charge in [0.1, 0.15) is 0 Å². The van der Waals surface area contributed by atoms with Crippen molar-refractivity contribution >= 4 is 0 Å². The summed E-state index contributed by atoms with van der Waals surface area (Å²) in [5, 5.41) is 0. The minimum absolute atomic E-state index is 0.0247. The Hall–Kier alpha value is -1.17. The summed E-state index contributed by atoms with van der Waals surface area (Å²) in [6.45, 7) is 6.74. The van der Waals surface area contributed by atoms with Crippen LogP contribution in [0.3, 0.4) is 0 Å². The van der Waals surface area contributed by atoms with Crippen molar-refractivity contribution in [3.05, 3.63) is 34.7 Å². The molecular weight excluding hydrogens is 258 g/mol. The smallest absolute Gasteiger partial charge is 0.181 e. The quantitative estimate of drug-likeness (QED) is 0.548. The van der Waals surface area contributed by atoms with E-state index in [0.717, 1.165) is 26.0 Å². The van der Waals surface area contributed by atoms with Crippen molar-refractivity contribution in [2.75, 3.05) is 39.6 Å². The van der Waals surface area contributed by atoms with Gasteiger partial charge in [-0.05, 0) is 6.42 Å². The molecule has 1 rings (SSSR count). The van der Waals surface area contributed by atoms with Crippen LogP contribution in [-0.2, 0) is 20.8 Å². The lowest BCUT2D eigenvalue weighted by Crippen LogP contribution is -2.13. The van der Waals surface area contributed by atoms with E-state index in [4.69, 9.17) is 14.2 Å². The second-order valence-electron chi connectivity index (χ2n) is 4.46. The van der Waals surface area contributed by atoms with E-state index in [1.54, 1.807) is 24.5 Å². The maximum Gasteiger partial charge on any atom is 0.181 e. The predicted octanol–water partition coefficient (Wildman–Crippen LogP) is 1.70. The second-order valence-corrected chi connectivity index (χ2v) is 4.46. The number of unbranched alkanes of at least 4 members (excludes halogenated alkanes) is 1. The van der Waals surface area contributed by atoms with E-state index in [1.165, 1.54) is 0 Å². The van der Waals surface area contributed by atoms with Gasteiger partial charge in [-0.1, -0.05) is 13.3 Å². The van der Waals surface area contributed by atoms with Gasteiger partial charge in [0, 0.05) is 37.7 Å². The van der Waals surface area contributed by atoms with E-state index in [2.05, 4.69) is 6.92 Å². The van der Waals surface area contributed by atoms with E-state index < -0.39 is 0 Å². The molecule has 5 heteroatoms. The minimum Gasteiger partial charge on any atom is -0.379 e. The van der Waals surface area contributed by atoms with Crippen LogP contribution in [0.5, 0.6) is 0 Å². The lowest BCUT2D eigenvalue weighted by Gasteiger charge is -2.08. The average Bonchev–Trinajstić information content (AvgIpc) is 2.47. The minimum atomic E-state index is 0.0247. The number of hydrogen-bond acceptors (Lipinski definition) is 4. The Morgan fingerprint density at radius 1 is 0.900 bits per heavy atom. The summed E-state index contributed by atoms with van der Waals surface area (Å²) >= 11 is 0. The summed E-state index contributed by atoms with van der Waals surface area (Å²) in [6, 6.07) is 3.09. The van der Waals surface area contributed by atoms with Crippen LogP contribution >= 0.6 is 0 Å². The molecule has 0 fully saturated rings. The Kier molecular flexibility index (Phi) is 9.83. The highest BCUT2D eigenvalue weighted by molar-refractivity contribution is 4.93. The fourth-order valence-electron chi connectivity index (χ4n) is 1.55. The van der Waals surface area contributed by atoms with Gasteiger partial charge in [0.15, 0.2) is 5.43 Å². The van der Waals surface area contributed by atoms with Crippen LogP contribution in [-0.4, -0.2) is 44.2 Å². The summed E-state index contributed by atoms with van der Waals surface area (Å²) in [5.74, 6) is 0. The number of ether oxygens (including phenoxy) is 3. The summed E-state index contributed by atoms with van der Waals surface area (Å²) < 4.78 is 18.1. The lowest BCUT2D eigenvalue weighted by atomic mass is 10.4. The maximum atomic E-state index is 10.9. The second kappa shape index (κ2) is 11.6. The van der Waals surface area contributed by atoms with Crippen LogP contribution < -0.4 is 5.43 Å². The zero-order valence-corrected chi connectivity index (χ0v) is 12.3. The zero-order valence-electron chi connectivity index (χ0n) is 12.3. The fraction of sp³-hybridized carbons (Fsp3) is 0.667. The van der Waals surface area contributed by atoms with Crippen molar-refractivity contribution in [2.24, 2.45) is 0 Å². The highest BCUT2D eigenvalue weighted by Crippen LogP contribution is 1.89. The maximum absolute atomic E-state index is 10.9. The molecule has 0 radical (unpaired) electrons. The molecule has 0 bridgehead atoms. The predicted molar refractivity (Wildman–Crippen MR) is 78.1 cm³/mol. The highest BCUT2D eigenvalue weighted by atomic mass is 16.5. The Morgan fingerprint density at radius 2 is 1.45 bits per heavy atom. The third-order valence-corrected chi connectivity index (χ3v) is 2.74. The molecule has 20 heavy (non-hydrogen) atoms. The van der Waals surface area contributed by atoms with E-state index in [9.17, 15) is 4.79 Å². The van der Waals surface area contributed by atoms with Gasteiger partial charge in [0.25, 0.3) is 0 Å². The Bertz CT molecular complexity index is 371. The normalized spacial score (nSPS) is 10.8. The lowest BCUT2D eigenvalue weighted by molar-refractivity contribution is 0.0127. The number of rotatable bonds is 12. The molecule has 0 aliphatic carbocycles. The number of nitrogens with zero attached hydrogens (tertiary/aromatic N) is 1. The van der Waals surface area contributed by atoms with Gasteiger partial charge in [0.05, 0.1) is 33.0 Å². The van der Waals surface area contributed by atoms with E-state index >= 15 is 0 Å². The van der Waals surface area contributed by atoms with Crippen molar-refractivity contribution in [1.82, 2.24) is 4.57 Å². The summed E-state index contributed by atoms with van der Waals surface area (Å²) in [6.07, 6.45) is 5.78. The van der Waals surface area contributed by atoms with Crippen molar-refractivity contribution in [3.8, 4) is 0 Å². The topological polar surface area (TPSA) is 49.7 Å². The molecule has 1 aromatic heterocycles. The first kappa shape index (κ1) is 16.9. The van der Waals surface area contributed by atoms with Crippen LogP contribution in [0, 0.1) is 0 Å². The Balaban J connectivity index is 1.85. The van der Waals surface area contributed by atoms with Crippen molar-refractivity contribution < 1.29 is 14.2 Å². The standard InChI is InChI=1S/C15H25NO4/c1-2-3-9-18-11-13-20-14-12-19-10-8-16-6-4-15(17)5-7-16/h4-7H,2-3,8-14H2,1H3. The Labute approximate surface area is 120 Å². The van der Waals surface area contributed by atoms with Crippen molar-refractivity contribution in [2.45, 2.75) is 26.3 Å². The molecule has 0 amide bonds. The molecule has 1 aromatic rings. The van der Waals surface area contributed by atoms with Gasteiger partial charge in [-0.3, -0.25) is 4.79 Å². The molecule has 0 atom stereocenters. The van der Waals surface area contributed by atoms with Gasteiger partial charge >= 0.3 is 0 Å². The molecule has 114 valence electrons. The SMILES string of the molecule is CCCCOCCOCCOCCn1ccc(=O)cc1. The number of pyridine rings is 1. The third-order valence-electron chi connectivity index (χ3n) is 2.74. The van der Waals surface area contributed by atoms with Gasteiger partial charge in [-0.15, -0.1) is 0 Å². The van der Waals surface area contributed by atoms with Crippen molar-refractivity contribution in [1.29, 1.82) is 0 Å². The molecule has 0 unspecified atom stereocenters. The van der Waals surface area contributed by atoms with Crippen LogP contribution in [0.2, 0.25) is 0 Å². The molecule has 0 aliphatic heterocycles. The third kappa shape index (κ3) is 8.85. The van der Waals surface area contributed by atoms with Crippen LogP contribution in [0.4, 0.5) is 0 Å². The van der Waals surface area contributed by atoms with Crippen LogP contribution in [0.15, 0.2) is 29.3 Å². The first-order valence-corrected chi connectivity index (χ1v) is 7.22. The molecule has 0 saturated heterocycles. The highest BCUT2D eigenvalue weighted by Gasteiger charge is 1.93. The molecule has 1 heterocycles. The zero-order chi connectivity index (χ0) is 14.5. The molecule has 0 N–H and O–H groups in total. The molecule has 0 aromatic carbocycles. The monoisotopic (exact) mass is 283 g/mol. The van der Waals surface area contributed by atoms with Gasteiger partial charge < -0.3 is 18.8 Å². The first-order valence-electron chi connectivity index (χ1n) is 7.22. The molecule has 5 nitrogen and oxygen atoms in total. The van der Waals surface area contributed by atoms with Crippen LogP contribution in [0.25, 0.3) is 0 Å². The van der Waals surface area contributed by atoms with Gasteiger partial charge in [0.2, 0.25) is 0 Å². The van der Waals surface area contributed by atoms with Crippen molar-refractivity contribution in [3.63, 3.8) is 0 Å². The van der Waals surface area contributed by atoms with Gasteiger partial charge in [-0.25, -0.2) is 0 Å². The van der Waals surface area contributed by atoms with E-state index in [1.807, 2.05) is 4.57 Å². The molecule has 0 saturated carbocycles. The van der Waals surface area contributed by atoms with Crippen LogP contribution in [0.1, 0.15) is 19.8 Å². The van der Waals surface area contributed by atoms with Gasteiger partial charge in [-0.2, -0.15) is 0 Å². The number of aromatic nitrogens is 1. The summed E-state index contributed by atoms with van der Waals surface area (Å²) in [4.78, 5) is 10.9. The first-order chi connectivity index (χ1) is 9.83. The van der Waals surface area contributed by atoms with E-state index in [-0.39, 0.29) is 5.43 Å². The number of hydrogen-bond donors (Lipinski definition) is 0. The largest absolute Gasteiger partial charge is 0.379 e. The Morgan fingerprint density at radius 3 is 2.05 bits per heavy atom. The molecule has 0 spiro atoms. The van der Waals surface area contributed by atoms with E-state index in [0.29, 0.717) is 33.0 Å². The fourth-order valence-corrected chi connectivity index (χ4v) is 1.55. The molecule has 0 aliphatic rings. The summed E-state index contributed by atoms with van der Waals surface area (Å²) in [7, 11) is 0. The average molecular weight is 283 g/mol.